The third kappa shape index (κ3) is 2.42. The first-order valence-corrected chi connectivity index (χ1v) is 6.68. The molecule has 0 saturated carbocycles. The van der Waals surface area contributed by atoms with Crippen LogP contribution >= 0.6 is 11.6 Å². The molecule has 0 bridgehead atoms. The van der Waals surface area contributed by atoms with Crippen LogP contribution in [0.1, 0.15) is 11.1 Å². The van der Waals surface area contributed by atoms with Crippen LogP contribution < -0.4 is 0 Å². The first-order valence-electron chi connectivity index (χ1n) is 6.30. The van der Waals surface area contributed by atoms with Crippen LogP contribution in [0.15, 0.2) is 48.7 Å². The fourth-order valence-electron chi connectivity index (χ4n) is 2.38. The Morgan fingerprint density at radius 2 is 1.85 bits per heavy atom. The third-order valence-electron chi connectivity index (χ3n) is 3.36. The lowest BCUT2D eigenvalue weighted by molar-refractivity contribution is 0.283. The van der Waals surface area contributed by atoms with Crippen molar-refractivity contribution in [1.82, 2.24) is 4.57 Å². The number of halogens is 2. The van der Waals surface area contributed by atoms with Crippen molar-refractivity contribution >= 4 is 22.5 Å². The normalized spacial score (nSPS) is 11.2. The number of hydrogen-bond acceptors (Lipinski definition) is 1. The van der Waals surface area contributed by atoms with Gasteiger partial charge in [0, 0.05) is 28.7 Å². The van der Waals surface area contributed by atoms with Gasteiger partial charge in [0.25, 0.3) is 0 Å². The molecular formula is C16H13ClFNO. The number of hydrogen-bond donors (Lipinski definition) is 1. The van der Waals surface area contributed by atoms with Crippen LogP contribution in [0.25, 0.3) is 10.9 Å². The van der Waals surface area contributed by atoms with Crippen molar-refractivity contribution in [2.75, 3.05) is 0 Å². The molecule has 0 aliphatic heterocycles. The fraction of sp³-hybridized carbons (Fsp3) is 0.125. The van der Waals surface area contributed by atoms with Crippen molar-refractivity contribution in [1.29, 1.82) is 0 Å². The second-order valence-electron chi connectivity index (χ2n) is 4.73. The number of rotatable bonds is 3. The zero-order chi connectivity index (χ0) is 14.1. The molecular weight excluding hydrogens is 277 g/mol. The quantitative estimate of drug-likeness (QED) is 0.775. The van der Waals surface area contributed by atoms with Gasteiger partial charge in [0.15, 0.2) is 0 Å². The standard InChI is InChI=1S/C16H13ClFNO/c17-13-3-6-15-12(10-20)9-19(16(15)7-13)8-11-1-4-14(18)5-2-11/h1-7,9,20H,8,10H2. The second-order valence-corrected chi connectivity index (χ2v) is 5.16. The van der Waals surface area contributed by atoms with E-state index >= 15 is 0 Å². The van der Waals surface area contributed by atoms with E-state index in [1.165, 1.54) is 12.1 Å². The predicted molar refractivity (Wildman–Crippen MR) is 78.4 cm³/mol. The van der Waals surface area contributed by atoms with Gasteiger partial charge in [-0.2, -0.15) is 0 Å². The van der Waals surface area contributed by atoms with Crippen LogP contribution in [0.3, 0.4) is 0 Å². The zero-order valence-electron chi connectivity index (χ0n) is 10.7. The highest BCUT2D eigenvalue weighted by Crippen LogP contribution is 2.25. The van der Waals surface area contributed by atoms with Crippen molar-refractivity contribution in [3.05, 3.63) is 70.6 Å². The van der Waals surface area contributed by atoms with Gasteiger partial charge in [0.2, 0.25) is 0 Å². The lowest BCUT2D eigenvalue weighted by atomic mass is 10.2. The van der Waals surface area contributed by atoms with Crippen LogP contribution in [0.2, 0.25) is 5.02 Å². The smallest absolute Gasteiger partial charge is 0.123 e. The highest BCUT2D eigenvalue weighted by Gasteiger charge is 2.08. The van der Waals surface area contributed by atoms with E-state index in [2.05, 4.69) is 0 Å². The van der Waals surface area contributed by atoms with E-state index in [4.69, 9.17) is 11.6 Å². The molecule has 2 aromatic carbocycles. The summed E-state index contributed by atoms with van der Waals surface area (Å²) in [6.07, 6.45) is 1.91. The Bertz CT molecular complexity index is 749. The van der Waals surface area contributed by atoms with Crippen molar-refractivity contribution in [3.63, 3.8) is 0 Å². The monoisotopic (exact) mass is 289 g/mol. The van der Waals surface area contributed by atoms with Crippen LogP contribution in [-0.4, -0.2) is 9.67 Å². The molecule has 2 nitrogen and oxygen atoms in total. The molecule has 0 aliphatic rings. The first kappa shape index (κ1) is 13.2. The average molecular weight is 290 g/mol. The molecule has 0 atom stereocenters. The maximum Gasteiger partial charge on any atom is 0.123 e. The Kier molecular flexibility index (Phi) is 3.47. The topological polar surface area (TPSA) is 25.2 Å². The molecule has 0 saturated heterocycles. The lowest BCUT2D eigenvalue weighted by Crippen LogP contribution is -1.97. The molecule has 1 N–H and O–H groups in total. The summed E-state index contributed by atoms with van der Waals surface area (Å²) in [5, 5.41) is 11.1. The summed E-state index contributed by atoms with van der Waals surface area (Å²) in [5.74, 6) is -0.245. The van der Waals surface area contributed by atoms with Crippen LogP contribution in [0.4, 0.5) is 4.39 Å². The third-order valence-corrected chi connectivity index (χ3v) is 3.60. The molecule has 0 spiro atoms. The van der Waals surface area contributed by atoms with Gasteiger partial charge in [-0.05, 0) is 29.8 Å². The molecule has 3 rings (SSSR count). The maximum atomic E-state index is 12.9. The molecule has 3 aromatic rings. The largest absolute Gasteiger partial charge is 0.392 e. The number of benzene rings is 2. The van der Waals surface area contributed by atoms with E-state index in [1.807, 2.05) is 29.0 Å². The van der Waals surface area contributed by atoms with Crippen molar-refractivity contribution in [2.24, 2.45) is 0 Å². The van der Waals surface area contributed by atoms with Gasteiger partial charge in [-0.3, -0.25) is 0 Å². The summed E-state index contributed by atoms with van der Waals surface area (Å²) in [4.78, 5) is 0. The Balaban J connectivity index is 2.06. The number of nitrogens with zero attached hydrogens (tertiary/aromatic N) is 1. The van der Waals surface area contributed by atoms with E-state index in [1.54, 1.807) is 12.1 Å². The minimum atomic E-state index is -0.245. The summed E-state index contributed by atoms with van der Waals surface area (Å²) in [6, 6.07) is 12.0. The zero-order valence-corrected chi connectivity index (χ0v) is 11.4. The number of fused-ring (bicyclic) bond motifs is 1. The molecule has 20 heavy (non-hydrogen) atoms. The van der Waals surface area contributed by atoms with Gasteiger partial charge in [0.05, 0.1) is 12.1 Å². The minimum Gasteiger partial charge on any atom is -0.392 e. The van der Waals surface area contributed by atoms with E-state index in [9.17, 15) is 9.50 Å². The van der Waals surface area contributed by atoms with Gasteiger partial charge >= 0.3 is 0 Å². The van der Waals surface area contributed by atoms with Crippen molar-refractivity contribution in [2.45, 2.75) is 13.2 Å². The Morgan fingerprint density at radius 3 is 2.55 bits per heavy atom. The summed E-state index contributed by atoms with van der Waals surface area (Å²) in [7, 11) is 0. The molecule has 1 heterocycles. The molecule has 0 amide bonds. The Hall–Kier alpha value is -1.84. The van der Waals surface area contributed by atoms with Gasteiger partial charge in [-0.1, -0.05) is 29.8 Å². The van der Waals surface area contributed by atoms with E-state index < -0.39 is 0 Å². The number of aliphatic hydroxyl groups excluding tert-OH is 1. The second kappa shape index (κ2) is 5.27. The van der Waals surface area contributed by atoms with E-state index in [-0.39, 0.29) is 12.4 Å². The van der Waals surface area contributed by atoms with Crippen LogP contribution in [-0.2, 0) is 13.2 Å². The first-order chi connectivity index (χ1) is 9.67. The molecule has 0 aliphatic carbocycles. The number of aromatic nitrogens is 1. The maximum absolute atomic E-state index is 12.9. The molecule has 0 radical (unpaired) electrons. The van der Waals surface area contributed by atoms with E-state index in [0.29, 0.717) is 11.6 Å². The predicted octanol–water partition coefficient (Wildman–Crippen LogP) is 3.97. The van der Waals surface area contributed by atoms with Crippen LogP contribution in [0, 0.1) is 5.82 Å². The molecule has 0 unspecified atom stereocenters. The summed E-state index contributed by atoms with van der Waals surface area (Å²) in [6.45, 7) is 0.589. The number of aliphatic hydroxyl groups is 1. The van der Waals surface area contributed by atoms with Gasteiger partial charge < -0.3 is 9.67 Å². The summed E-state index contributed by atoms with van der Waals surface area (Å²) < 4.78 is 14.9. The molecule has 102 valence electrons. The Labute approximate surface area is 121 Å². The minimum absolute atomic E-state index is 0.0193. The lowest BCUT2D eigenvalue weighted by Gasteiger charge is -2.06. The van der Waals surface area contributed by atoms with Gasteiger partial charge in [0.1, 0.15) is 5.82 Å². The average Bonchev–Trinajstić information content (AvgIpc) is 2.79. The SMILES string of the molecule is OCc1cn(Cc2ccc(F)cc2)c2cc(Cl)ccc12. The highest BCUT2D eigenvalue weighted by molar-refractivity contribution is 6.31. The molecule has 4 heteroatoms. The van der Waals surface area contributed by atoms with Crippen molar-refractivity contribution < 1.29 is 9.50 Å². The molecule has 0 fully saturated rings. The summed E-state index contributed by atoms with van der Waals surface area (Å²) in [5.41, 5.74) is 2.82. The van der Waals surface area contributed by atoms with Crippen molar-refractivity contribution in [3.8, 4) is 0 Å². The van der Waals surface area contributed by atoms with Crippen LogP contribution in [0.5, 0.6) is 0 Å². The van der Waals surface area contributed by atoms with Gasteiger partial charge in [-0.15, -0.1) is 0 Å². The molecule has 1 aromatic heterocycles. The van der Waals surface area contributed by atoms with E-state index in [0.717, 1.165) is 22.0 Å². The summed E-state index contributed by atoms with van der Waals surface area (Å²) >= 11 is 6.04. The Morgan fingerprint density at radius 1 is 1.10 bits per heavy atom. The van der Waals surface area contributed by atoms with Gasteiger partial charge in [-0.25, -0.2) is 4.39 Å². The highest BCUT2D eigenvalue weighted by atomic mass is 35.5. The fourth-order valence-corrected chi connectivity index (χ4v) is 2.55.